The summed E-state index contributed by atoms with van der Waals surface area (Å²) in [5.41, 5.74) is 6.50. The molecule has 1 aliphatic rings. The molecule has 16 heavy (non-hydrogen) atoms. The lowest BCUT2D eigenvalue weighted by atomic mass is 10.2. The van der Waals surface area contributed by atoms with Crippen LogP contribution in [-0.4, -0.2) is 37.5 Å². The predicted octanol–water partition coefficient (Wildman–Crippen LogP) is 0.189. The average molecular weight is 224 g/mol. The molecule has 4 N–H and O–H groups in total. The Morgan fingerprint density at radius 1 is 1.31 bits per heavy atom. The van der Waals surface area contributed by atoms with E-state index in [1.807, 2.05) is 18.2 Å². The number of fused-ring (bicyclic) bond motifs is 1. The van der Waals surface area contributed by atoms with Gasteiger partial charge in [-0.05, 0) is 12.1 Å². The van der Waals surface area contributed by atoms with E-state index in [9.17, 15) is 0 Å². The van der Waals surface area contributed by atoms with E-state index in [1.165, 1.54) is 0 Å². The molecule has 0 aliphatic carbocycles. The first-order valence-corrected chi connectivity index (χ1v) is 5.29. The monoisotopic (exact) mass is 224 g/mol. The van der Waals surface area contributed by atoms with Crippen molar-refractivity contribution in [2.24, 2.45) is 5.73 Å². The Morgan fingerprint density at radius 3 is 2.81 bits per heavy atom. The van der Waals surface area contributed by atoms with Gasteiger partial charge >= 0.3 is 0 Å². The zero-order valence-electron chi connectivity index (χ0n) is 8.98. The molecular formula is C11H16N2O3. The Bertz CT molecular complexity index is 357. The highest BCUT2D eigenvalue weighted by Gasteiger charge is 2.11. The molecule has 1 aromatic carbocycles. The van der Waals surface area contributed by atoms with E-state index < -0.39 is 0 Å². The van der Waals surface area contributed by atoms with Crippen molar-refractivity contribution >= 4 is 5.69 Å². The maximum atomic E-state index is 8.80. The lowest BCUT2D eigenvalue weighted by molar-refractivity contribution is 0.171. The van der Waals surface area contributed by atoms with Gasteiger partial charge in [0, 0.05) is 24.3 Å². The summed E-state index contributed by atoms with van der Waals surface area (Å²) < 4.78 is 10.9. The number of hydrogen-bond donors (Lipinski definition) is 3. The lowest BCUT2D eigenvalue weighted by Gasteiger charge is -2.19. The van der Waals surface area contributed by atoms with Crippen molar-refractivity contribution in [3.05, 3.63) is 18.2 Å². The lowest BCUT2D eigenvalue weighted by Crippen LogP contribution is -2.32. The fourth-order valence-electron chi connectivity index (χ4n) is 1.47. The molecule has 1 heterocycles. The maximum absolute atomic E-state index is 8.80. The molecule has 0 saturated heterocycles. The summed E-state index contributed by atoms with van der Waals surface area (Å²) in [6, 6.07) is 5.38. The number of aliphatic hydroxyl groups excluding tert-OH is 1. The molecular weight excluding hydrogens is 208 g/mol. The molecule has 0 spiro atoms. The summed E-state index contributed by atoms with van der Waals surface area (Å²) in [6.45, 7) is 1.66. The third-order valence-corrected chi connectivity index (χ3v) is 2.35. The predicted molar refractivity (Wildman–Crippen MR) is 61.0 cm³/mol. The van der Waals surface area contributed by atoms with E-state index in [4.69, 9.17) is 20.3 Å². The van der Waals surface area contributed by atoms with E-state index in [0.717, 1.165) is 17.2 Å². The Balaban J connectivity index is 2.00. The minimum Gasteiger partial charge on any atom is -0.486 e. The number of nitrogens with two attached hydrogens (primary N) is 1. The minimum absolute atomic E-state index is 0.0302. The number of hydrogen-bond acceptors (Lipinski definition) is 5. The zero-order chi connectivity index (χ0) is 11.4. The van der Waals surface area contributed by atoms with E-state index in [-0.39, 0.29) is 12.6 Å². The Labute approximate surface area is 94.2 Å². The number of anilines is 1. The Kier molecular flexibility index (Phi) is 3.48. The van der Waals surface area contributed by atoms with Crippen molar-refractivity contribution < 1.29 is 14.6 Å². The molecule has 1 unspecified atom stereocenters. The first-order valence-electron chi connectivity index (χ1n) is 5.29. The molecule has 5 nitrogen and oxygen atoms in total. The summed E-state index contributed by atoms with van der Waals surface area (Å²) in [7, 11) is 0. The number of ether oxygens (including phenoxy) is 2. The largest absolute Gasteiger partial charge is 0.486 e. The second-order valence-corrected chi connectivity index (χ2v) is 3.68. The Morgan fingerprint density at radius 2 is 2.06 bits per heavy atom. The van der Waals surface area contributed by atoms with Gasteiger partial charge in [-0.1, -0.05) is 0 Å². The van der Waals surface area contributed by atoms with Gasteiger partial charge in [0.2, 0.25) is 0 Å². The molecule has 0 radical (unpaired) electrons. The van der Waals surface area contributed by atoms with Crippen LogP contribution in [0.5, 0.6) is 11.5 Å². The van der Waals surface area contributed by atoms with Gasteiger partial charge in [-0.15, -0.1) is 0 Å². The van der Waals surface area contributed by atoms with Gasteiger partial charge in [0.1, 0.15) is 13.2 Å². The van der Waals surface area contributed by atoms with Crippen LogP contribution in [0.25, 0.3) is 0 Å². The molecule has 0 aromatic heterocycles. The summed E-state index contributed by atoms with van der Waals surface area (Å²) in [4.78, 5) is 0. The highest BCUT2D eigenvalue weighted by molar-refractivity contribution is 5.55. The number of benzene rings is 1. The summed E-state index contributed by atoms with van der Waals surface area (Å²) in [5, 5.41) is 11.9. The van der Waals surface area contributed by atoms with Crippen molar-refractivity contribution in [1.29, 1.82) is 0 Å². The molecule has 0 fully saturated rings. The van der Waals surface area contributed by atoms with Crippen LogP contribution < -0.4 is 20.5 Å². The second kappa shape index (κ2) is 5.05. The van der Waals surface area contributed by atoms with Gasteiger partial charge in [-0.25, -0.2) is 0 Å². The Hall–Kier alpha value is -1.46. The van der Waals surface area contributed by atoms with Crippen molar-refractivity contribution in [2.75, 3.05) is 31.7 Å². The first kappa shape index (κ1) is 11.0. The SMILES string of the molecule is NC(CO)CNc1ccc2c(c1)OCCO2. The molecule has 0 bridgehead atoms. The molecule has 0 amide bonds. The normalized spacial score (nSPS) is 15.6. The number of rotatable bonds is 4. The fraction of sp³-hybridized carbons (Fsp3) is 0.455. The second-order valence-electron chi connectivity index (χ2n) is 3.68. The van der Waals surface area contributed by atoms with E-state index in [1.54, 1.807) is 0 Å². The molecule has 2 rings (SSSR count). The van der Waals surface area contributed by atoms with Crippen LogP contribution in [0.1, 0.15) is 0 Å². The molecule has 88 valence electrons. The van der Waals surface area contributed by atoms with Crippen LogP contribution >= 0.6 is 0 Å². The summed E-state index contributed by atoms with van der Waals surface area (Å²) in [5.74, 6) is 1.51. The average Bonchev–Trinajstić information content (AvgIpc) is 2.35. The van der Waals surface area contributed by atoms with Crippen LogP contribution in [0.4, 0.5) is 5.69 Å². The van der Waals surface area contributed by atoms with Gasteiger partial charge in [0.25, 0.3) is 0 Å². The highest BCUT2D eigenvalue weighted by atomic mass is 16.6. The van der Waals surface area contributed by atoms with Crippen LogP contribution in [0.15, 0.2) is 18.2 Å². The van der Waals surface area contributed by atoms with Crippen LogP contribution in [0.3, 0.4) is 0 Å². The quantitative estimate of drug-likeness (QED) is 0.680. The van der Waals surface area contributed by atoms with E-state index in [2.05, 4.69) is 5.32 Å². The topological polar surface area (TPSA) is 76.7 Å². The highest BCUT2D eigenvalue weighted by Crippen LogP contribution is 2.32. The van der Waals surface area contributed by atoms with Gasteiger partial charge in [-0.3, -0.25) is 0 Å². The van der Waals surface area contributed by atoms with Gasteiger partial charge < -0.3 is 25.6 Å². The third kappa shape index (κ3) is 2.56. The zero-order valence-corrected chi connectivity index (χ0v) is 8.98. The first-order chi connectivity index (χ1) is 7.79. The molecule has 1 atom stereocenters. The van der Waals surface area contributed by atoms with Crippen LogP contribution in [-0.2, 0) is 0 Å². The van der Waals surface area contributed by atoms with Crippen LogP contribution in [0, 0.1) is 0 Å². The van der Waals surface area contributed by atoms with Crippen molar-refractivity contribution in [2.45, 2.75) is 6.04 Å². The summed E-state index contributed by atoms with van der Waals surface area (Å²) >= 11 is 0. The molecule has 5 heteroatoms. The van der Waals surface area contributed by atoms with Crippen LogP contribution in [0.2, 0.25) is 0 Å². The molecule has 1 aliphatic heterocycles. The molecule has 0 saturated carbocycles. The van der Waals surface area contributed by atoms with Gasteiger partial charge in [0.15, 0.2) is 11.5 Å². The fourth-order valence-corrected chi connectivity index (χ4v) is 1.47. The maximum Gasteiger partial charge on any atom is 0.163 e. The van der Waals surface area contributed by atoms with Crippen molar-refractivity contribution in [3.8, 4) is 11.5 Å². The summed E-state index contributed by atoms with van der Waals surface area (Å²) in [6.07, 6.45) is 0. The van der Waals surface area contributed by atoms with E-state index >= 15 is 0 Å². The number of aliphatic hydroxyl groups is 1. The molecule has 1 aromatic rings. The minimum atomic E-state index is -0.256. The smallest absolute Gasteiger partial charge is 0.163 e. The van der Waals surface area contributed by atoms with Crippen molar-refractivity contribution in [3.63, 3.8) is 0 Å². The third-order valence-electron chi connectivity index (χ3n) is 2.35. The standard InChI is InChI=1S/C11H16N2O3/c12-8(7-14)6-13-9-1-2-10-11(5-9)16-4-3-15-10/h1-2,5,8,13-14H,3-4,6-7,12H2. The van der Waals surface area contributed by atoms with Gasteiger partial charge in [-0.2, -0.15) is 0 Å². The van der Waals surface area contributed by atoms with Crippen molar-refractivity contribution in [1.82, 2.24) is 0 Å². The van der Waals surface area contributed by atoms with E-state index in [0.29, 0.717) is 19.8 Å². The van der Waals surface area contributed by atoms with Gasteiger partial charge in [0.05, 0.1) is 6.61 Å². The number of nitrogens with one attached hydrogen (secondary N) is 1.